The Morgan fingerprint density at radius 3 is 1.50 bits per heavy atom. The largest absolute Gasteiger partial charge is 0.388 e. The maximum Gasteiger partial charge on any atom is 0.175 e. The van der Waals surface area contributed by atoms with Gasteiger partial charge in [0.25, 0.3) is 0 Å². The smallest absolute Gasteiger partial charge is 0.175 e. The number of ketones is 3. The SMILES string of the molecule is C=C(C)C(=O)C12CC3CC(CC(O)(C3)C1(C(=O)C(=C)C)C(=O)C(=C)C)C2. The minimum absolute atomic E-state index is 0.139. The first-order chi connectivity index (χ1) is 11.9. The van der Waals surface area contributed by atoms with Crippen LogP contribution in [0.2, 0.25) is 0 Å². The van der Waals surface area contributed by atoms with Gasteiger partial charge in [-0.1, -0.05) is 19.7 Å². The van der Waals surface area contributed by atoms with Gasteiger partial charge in [-0.3, -0.25) is 14.4 Å². The third-order valence-electron chi connectivity index (χ3n) is 6.89. The highest BCUT2D eigenvalue weighted by atomic mass is 16.3. The fraction of sp³-hybridized carbons (Fsp3) is 0.591. The van der Waals surface area contributed by atoms with E-state index in [0.29, 0.717) is 31.3 Å². The van der Waals surface area contributed by atoms with Gasteiger partial charge in [0.05, 0.1) is 11.0 Å². The molecule has 0 amide bonds. The molecule has 4 rings (SSSR count). The fourth-order valence-electron chi connectivity index (χ4n) is 6.48. The van der Waals surface area contributed by atoms with Gasteiger partial charge in [-0.2, -0.15) is 0 Å². The van der Waals surface area contributed by atoms with Crippen molar-refractivity contribution in [3.63, 3.8) is 0 Å². The lowest BCUT2D eigenvalue weighted by Crippen LogP contribution is -2.77. The van der Waals surface area contributed by atoms with E-state index in [1.165, 1.54) is 0 Å². The molecule has 0 aliphatic heterocycles. The van der Waals surface area contributed by atoms with Crippen LogP contribution in [0.15, 0.2) is 36.5 Å². The third-order valence-corrected chi connectivity index (χ3v) is 6.89. The van der Waals surface area contributed by atoms with Crippen LogP contribution in [0, 0.1) is 22.7 Å². The zero-order valence-electron chi connectivity index (χ0n) is 16.0. The van der Waals surface area contributed by atoms with Gasteiger partial charge in [-0.25, -0.2) is 0 Å². The monoisotopic (exact) mass is 356 g/mol. The summed E-state index contributed by atoms with van der Waals surface area (Å²) in [7, 11) is 0. The Hall–Kier alpha value is -1.81. The van der Waals surface area contributed by atoms with E-state index in [4.69, 9.17) is 0 Å². The first kappa shape index (κ1) is 19.0. The molecule has 4 bridgehead atoms. The number of rotatable bonds is 6. The van der Waals surface area contributed by atoms with E-state index in [0.717, 1.165) is 6.42 Å². The van der Waals surface area contributed by atoms with Crippen LogP contribution in [0.3, 0.4) is 0 Å². The van der Waals surface area contributed by atoms with Gasteiger partial charge in [0.1, 0.15) is 5.41 Å². The third kappa shape index (κ3) is 2.02. The van der Waals surface area contributed by atoms with Crippen LogP contribution in [0.1, 0.15) is 52.9 Å². The van der Waals surface area contributed by atoms with E-state index in [1.807, 2.05) is 0 Å². The van der Waals surface area contributed by atoms with Gasteiger partial charge < -0.3 is 5.11 Å². The summed E-state index contributed by atoms with van der Waals surface area (Å²) in [6, 6.07) is 0. The minimum atomic E-state index is -1.83. The number of aliphatic hydroxyl groups is 1. The molecule has 2 atom stereocenters. The quantitative estimate of drug-likeness (QED) is 0.585. The van der Waals surface area contributed by atoms with Crippen molar-refractivity contribution in [3.8, 4) is 0 Å². The molecule has 4 fully saturated rings. The number of allylic oxidation sites excluding steroid dienone is 3. The molecule has 0 aromatic heterocycles. The maximum atomic E-state index is 13.5. The van der Waals surface area contributed by atoms with Crippen molar-refractivity contribution in [3.05, 3.63) is 36.5 Å². The predicted octanol–water partition coefficient (Wildman–Crippen LogP) is 3.35. The number of carbonyl (C=O) groups excluding carboxylic acids is 3. The summed E-state index contributed by atoms with van der Waals surface area (Å²) in [5, 5.41) is 11.7. The van der Waals surface area contributed by atoms with Crippen LogP contribution in [0.25, 0.3) is 0 Å². The normalized spacial score (nSPS) is 36.5. The molecule has 0 aromatic carbocycles. The van der Waals surface area contributed by atoms with Crippen LogP contribution in [0.5, 0.6) is 0 Å². The average molecular weight is 356 g/mol. The predicted molar refractivity (Wildman–Crippen MR) is 99.3 cm³/mol. The van der Waals surface area contributed by atoms with Crippen molar-refractivity contribution in [2.24, 2.45) is 22.7 Å². The lowest BCUT2D eigenvalue weighted by molar-refractivity contribution is -0.242. The fourth-order valence-corrected chi connectivity index (χ4v) is 6.48. The van der Waals surface area contributed by atoms with Crippen LogP contribution in [-0.4, -0.2) is 28.1 Å². The second kappa shape index (κ2) is 5.59. The molecule has 4 nitrogen and oxygen atoms in total. The van der Waals surface area contributed by atoms with Crippen LogP contribution >= 0.6 is 0 Å². The highest BCUT2D eigenvalue weighted by Gasteiger charge is 2.79. The van der Waals surface area contributed by atoms with Crippen molar-refractivity contribution in [2.45, 2.75) is 58.5 Å². The Morgan fingerprint density at radius 1 is 0.769 bits per heavy atom. The Kier molecular flexibility index (Phi) is 4.08. The number of Topliss-reactive ketones (excluding diaryl/α,β-unsaturated/α-hetero) is 3. The van der Waals surface area contributed by atoms with Gasteiger partial charge in [0.2, 0.25) is 0 Å². The first-order valence-corrected chi connectivity index (χ1v) is 9.26. The number of hydrogen-bond donors (Lipinski definition) is 1. The molecule has 2 unspecified atom stereocenters. The van der Waals surface area contributed by atoms with Crippen LogP contribution in [-0.2, 0) is 14.4 Å². The van der Waals surface area contributed by atoms with Gasteiger partial charge in [0.15, 0.2) is 17.3 Å². The second-order valence-electron chi connectivity index (χ2n) is 8.98. The van der Waals surface area contributed by atoms with Crippen molar-refractivity contribution in [2.75, 3.05) is 0 Å². The van der Waals surface area contributed by atoms with Gasteiger partial charge in [-0.05, 0) is 81.4 Å². The van der Waals surface area contributed by atoms with E-state index in [2.05, 4.69) is 19.7 Å². The summed E-state index contributed by atoms with van der Waals surface area (Å²) >= 11 is 0. The van der Waals surface area contributed by atoms with Crippen LogP contribution in [0.4, 0.5) is 0 Å². The molecule has 4 saturated carbocycles. The lowest BCUT2D eigenvalue weighted by atomic mass is 9.33. The molecule has 26 heavy (non-hydrogen) atoms. The van der Waals surface area contributed by atoms with Crippen molar-refractivity contribution < 1.29 is 19.5 Å². The molecule has 0 heterocycles. The second-order valence-corrected chi connectivity index (χ2v) is 8.98. The zero-order valence-corrected chi connectivity index (χ0v) is 16.0. The van der Waals surface area contributed by atoms with Gasteiger partial charge >= 0.3 is 0 Å². The summed E-state index contributed by atoms with van der Waals surface area (Å²) in [6.07, 6.45) is 2.55. The molecule has 4 aliphatic rings. The number of carbonyl (C=O) groups is 3. The van der Waals surface area contributed by atoms with Crippen molar-refractivity contribution in [1.29, 1.82) is 0 Å². The van der Waals surface area contributed by atoms with E-state index in [1.54, 1.807) is 20.8 Å². The summed E-state index contributed by atoms with van der Waals surface area (Å²) in [5.74, 6) is -1.02. The first-order valence-electron chi connectivity index (χ1n) is 9.26. The lowest BCUT2D eigenvalue weighted by Gasteiger charge is -2.68. The molecular weight excluding hydrogens is 328 g/mol. The summed E-state index contributed by atoms with van der Waals surface area (Å²) in [5.41, 5.74) is -3.91. The molecule has 0 aromatic rings. The molecule has 0 spiro atoms. The minimum Gasteiger partial charge on any atom is -0.388 e. The Morgan fingerprint density at radius 2 is 1.15 bits per heavy atom. The topological polar surface area (TPSA) is 71.4 Å². The summed E-state index contributed by atoms with van der Waals surface area (Å²) in [4.78, 5) is 40.5. The maximum absolute atomic E-state index is 13.5. The number of hydrogen-bond acceptors (Lipinski definition) is 4. The van der Waals surface area contributed by atoms with Gasteiger partial charge in [-0.15, -0.1) is 0 Å². The van der Waals surface area contributed by atoms with Crippen LogP contribution < -0.4 is 0 Å². The summed E-state index contributed by atoms with van der Waals surface area (Å²) < 4.78 is 0. The molecule has 4 aliphatic carbocycles. The molecule has 0 radical (unpaired) electrons. The highest BCUT2D eigenvalue weighted by molar-refractivity contribution is 6.24. The molecular formula is C22H28O4. The average Bonchev–Trinajstić information content (AvgIpc) is 2.51. The van der Waals surface area contributed by atoms with Gasteiger partial charge in [0, 0.05) is 0 Å². The van der Waals surface area contributed by atoms with Crippen molar-refractivity contribution >= 4 is 17.3 Å². The molecule has 140 valence electrons. The Balaban J connectivity index is 2.40. The zero-order chi connectivity index (χ0) is 19.7. The standard InChI is InChI=1S/C22H28O4/c1-12(2)17(23)20-8-15-7-16(9-20)11-21(26,10-15)22(20,18(24)13(3)4)19(25)14(5)6/h15-16,26H,1,3,5,7-11H2,2,4,6H3. The molecule has 4 heteroatoms. The van der Waals surface area contributed by atoms with E-state index >= 15 is 0 Å². The molecule has 0 saturated heterocycles. The Labute approximate surface area is 155 Å². The van der Waals surface area contributed by atoms with E-state index < -0.39 is 28.0 Å². The highest BCUT2D eigenvalue weighted by Crippen LogP contribution is 2.72. The summed E-state index contributed by atoms with van der Waals surface area (Å²) in [6.45, 7) is 16.0. The Bertz CT molecular complexity index is 729. The van der Waals surface area contributed by atoms with Crippen molar-refractivity contribution in [1.82, 2.24) is 0 Å². The molecule has 1 N–H and O–H groups in total. The van der Waals surface area contributed by atoms with E-state index in [-0.39, 0.29) is 28.8 Å². The van der Waals surface area contributed by atoms with E-state index in [9.17, 15) is 19.5 Å².